The van der Waals surface area contributed by atoms with Crippen molar-refractivity contribution in [3.63, 3.8) is 0 Å². The number of anilines is 1. The Morgan fingerprint density at radius 2 is 1.76 bits per heavy atom. The summed E-state index contributed by atoms with van der Waals surface area (Å²) < 4.78 is 11.2. The molecule has 2 aromatic carbocycles. The Morgan fingerprint density at radius 1 is 1.07 bits per heavy atom. The van der Waals surface area contributed by atoms with E-state index in [2.05, 4.69) is 43.0 Å². The Kier molecular flexibility index (Phi) is 7.78. The highest BCUT2D eigenvalue weighted by atomic mass is 16.5. The van der Waals surface area contributed by atoms with E-state index < -0.39 is 6.10 Å². The van der Waals surface area contributed by atoms with Crippen molar-refractivity contribution in [3.05, 3.63) is 54.1 Å². The van der Waals surface area contributed by atoms with Crippen molar-refractivity contribution in [1.29, 1.82) is 0 Å². The summed E-state index contributed by atoms with van der Waals surface area (Å²) in [6.45, 7) is 9.49. The van der Waals surface area contributed by atoms with E-state index in [0.29, 0.717) is 12.5 Å². The first-order valence-corrected chi connectivity index (χ1v) is 10.7. The first-order valence-electron chi connectivity index (χ1n) is 10.7. The number of para-hydroxylation sites is 1. The van der Waals surface area contributed by atoms with E-state index in [9.17, 15) is 5.11 Å². The molecule has 0 amide bonds. The molecule has 0 radical (unpaired) electrons. The largest absolute Gasteiger partial charge is 0.497 e. The molecule has 5 heteroatoms. The third kappa shape index (κ3) is 5.87. The SMILES string of the molecule is CC[C@@H](C)c1ccccc1OC[C@H](O)C[NH+]1CCN(c2ccc(OC)cc2)CC1. The number of quaternary nitrogens is 1. The maximum absolute atomic E-state index is 10.5. The van der Waals surface area contributed by atoms with Crippen LogP contribution in [0.1, 0.15) is 31.7 Å². The lowest BCUT2D eigenvalue weighted by atomic mass is 9.98. The number of nitrogens with one attached hydrogen (secondary N) is 1. The molecule has 0 bridgehead atoms. The highest BCUT2D eigenvalue weighted by Gasteiger charge is 2.23. The molecular weight excluding hydrogens is 364 g/mol. The number of aliphatic hydroxyl groups is 1. The van der Waals surface area contributed by atoms with Crippen molar-refractivity contribution in [2.45, 2.75) is 32.3 Å². The van der Waals surface area contributed by atoms with Gasteiger partial charge in [-0.15, -0.1) is 0 Å². The third-order valence-corrected chi connectivity index (χ3v) is 5.93. The molecule has 5 nitrogen and oxygen atoms in total. The van der Waals surface area contributed by atoms with Crippen LogP contribution in [0.3, 0.4) is 0 Å². The van der Waals surface area contributed by atoms with Gasteiger partial charge in [0.1, 0.15) is 30.8 Å². The smallest absolute Gasteiger partial charge is 0.137 e. The minimum Gasteiger partial charge on any atom is -0.497 e. The Labute approximate surface area is 174 Å². The minimum atomic E-state index is -0.456. The molecule has 1 saturated heterocycles. The minimum absolute atomic E-state index is 0.346. The molecule has 2 atom stereocenters. The van der Waals surface area contributed by atoms with Crippen molar-refractivity contribution >= 4 is 5.69 Å². The number of rotatable bonds is 9. The first kappa shape index (κ1) is 21.5. The molecule has 0 aliphatic carbocycles. The topological polar surface area (TPSA) is 46.4 Å². The second-order valence-corrected chi connectivity index (χ2v) is 7.95. The summed E-state index contributed by atoms with van der Waals surface area (Å²) in [5.74, 6) is 2.25. The predicted molar refractivity (Wildman–Crippen MR) is 117 cm³/mol. The van der Waals surface area contributed by atoms with E-state index in [0.717, 1.165) is 50.6 Å². The lowest BCUT2D eigenvalue weighted by molar-refractivity contribution is -0.903. The van der Waals surface area contributed by atoms with Gasteiger partial charge in [0, 0.05) is 5.69 Å². The van der Waals surface area contributed by atoms with Crippen molar-refractivity contribution in [3.8, 4) is 11.5 Å². The van der Waals surface area contributed by atoms with Gasteiger partial charge in [0.2, 0.25) is 0 Å². The highest BCUT2D eigenvalue weighted by molar-refractivity contribution is 5.49. The summed E-state index contributed by atoms with van der Waals surface area (Å²) in [4.78, 5) is 3.83. The molecule has 0 saturated carbocycles. The van der Waals surface area contributed by atoms with E-state index in [1.165, 1.54) is 16.2 Å². The third-order valence-electron chi connectivity index (χ3n) is 5.93. The quantitative estimate of drug-likeness (QED) is 0.680. The predicted octanol–water partition coefficient (Wildman–Crippen LogP) is 2.35. The maximum atomic E-state index is 10.5. The molecular formula is C24H35N2O3+. The van der Waals surface area contributed by atoms with Crippen LogP contribution in [0.15, 0.2) is 48.5 Å². The van der Waals surface area contributed by atoms with Gasteiger partial charge in [-0.1, -0.05) is 32.0 Å². The monoisotopic (exact) mass is 399 g/mol. The van der Waals surface area contributed by atoms with Gasteiger partial charge in [-0.25, -0.2) is 0 Å². The van der Waals surface area contributed by atoms with Gasteiger partial charge in [-0.2, -0.15) is 0 Å². The van der Waals surface area contributed by atoms with Crippen molar-refractivity contribution in [2.24, 2.45) is 0 Å². The molecule has 0 aromatic heterocycles. The molecule has 2 aromatic rings. The second-order valence-electron chi connectivity index (χ2n) is 7.95. The van der Waals surface area contributed by atoms with Crippen LogP contribution in [0, 0.1) is 0 Å². The highest BCUT2D eigenvalue weighted by Crippen LogP contribution is 2.28. The average Bonchev–Trinajstić information content (AvgIpc) is 2.78. The zero-order chi connectivity index (χ0) is 20.6. The zero-order valence-electron chi connectivity index (χ0n) is 17.9. The van der Waals surface area contributed by atoms with Gasteiger partial charge >= 0.3 is 0 Å². The van der Waals surface area contributed by atoms with E-state index in [-0.39, 0.29) is 0 Å². The molecule has 2 N–H and O–H groups in total. The van der Waals surface area contributed by atoms with Crippen LogP contribution < -0.4 is 19.3 Å². The number of benzene rings is 2. The van der Waals surface area contributed by atoms with E-state index in [1.807, 2.05) is 24.3 Å². The second kappa shape index (κ2) is 10.5. The van der Waals surface area contributed by atoms with Crippen LogP contribution in [-0.4, -0.2) is 57.7 Å². The molecule has 1 aliphatic rings. The van der Waals surface area contributed by atoms with Crippen LogP contribution in [0.25, 0.3) is 0 Å². The Hall–Kier alpha value is -2.24. The van der Waals surface area contributed by atoms with Gasteiger partial charge in [-0.3, -0.25) is 0 Å². The molecule has 29 heavy (non-hydrogen) atoms. The van der Waals surface area contributed by atoms with Crippen LogP contribution in [-0.2, 0) is 0 Å². The van der Waals surface area contributed by atoms with E-state index in [4.69, 9.17) is 9.47 Å². The number of aliphatic hydroxyl groups excluding tert-OH is 1. The fourth-order valence-corrected chi connectivity index (χ4v) is 3.90. The summed E-state index contributed by atoms with van der Waals surface area (Å²) in [5.41, 5.74) is 2.46. The summed E-state index contributed by atoms with van der Waals surface area (Å²) in [6.07, 6.45) is 0.619. The number of hydrogen-bond acceptors (Lipinski definition) is 4. The summed E-state index contributed by atoms with van der Waals surface area (Å²) in [7, 11) is 1.69. The molecule has 3 rings (SSSR count). The van der Waals surface area contributed by atoms with Gasteiger partial charge in [0.15, 0.2) is 0 Å². The maximum Gasteiger partial charge on any atom is 0.137 e. The summed E-state index contributed by atoms with van der Waals surface area (Å²) in [5, 5.41) is 10.5. The molecule has 1 heterocycles. The number of nitrogens with zero attached hydrogens (tertiary/aromatic N) is 1. The van der Waals surface area contributed by atoms with E-state index >= 15 is 0 Å². The lowest BCUT2D eigenvalue weighted by Crippen LogP contribution is -3.16. The Balaban J connectivity index is 1.45. The summed E-state index contributed by atoms with van der Waals surface area (Å²) in [6, 6.07) is 16.4. The fraction of sp³-hybridized carbons (Fsp3) is 0.500. The lowest BCUT2D eigenvalue weighted by Gasteiger charge is -2.34. The molecule has 0 spiro atoms. The average molecular weight is 400 g/mol. The molecule has 1 aliphatic heterocycles. The van der Waals surface area contributed by atoms with Crippen LogP contribution in [0.4, 0.5) is 5.69 Å². The van der Waals surface area contributed by atoms with Crippen LogP contribution in [0.2, 0.25) is 0 Å². The zero-order valence-corrected chi connectivity index (χ0v) is 17.9. The Bertz CT molecular complexity index is 742. The van der Waals surface area contributed by atoms with Gasteiger partial charge in [0.05, 0.1) is 33.3 Å². The van der Waals surface area contributed by atoms with E-state index in [1.54, 1.807) is 7.11 Å². The van der Waals surface area contributed by atoms with Gasteiger partial charge in [0.25, 0.3) is 0 Å². The number of piperazine rings is 1. The molecule has 1 fully saturated rings. The molecule has 0 unspecified atom stereocenters. The van der Waals surface area contributed by atoms with Gasteiger partial charge in [-0.05, 0) is 48.2 Å². The van der Waals surface area contributed by atoms with Gasteiger partial charge < -0.3 is 24.4 Å². The van der Waals surface area contributed by atoms with Crippen LogP contribution >= 0.6 is 0 Å². The van der Waals surface area contributed by atoms with Crippen molar-refractivity contribution in [1.82, 2.24) is 0 Å². The van der Waals surface area contributed by atoms with Crippen molar-refractivity contribution in [2.75, 3.05) is 51.3 Å². The number of hydrogen-bond donors (Lipinski definition) is 2. The Morgan fingerprint density at radius 3 is 2.41 bits per heavy atom. The fourth-order valence-electron chi connectivity index (χ4n) is 3.90. The summed E-state index contributed by atoms with van der Waals surface area (Å²) >= 11 is 0. The number of ether oxygens (including phenoxy) is 2. The standard InChI is InChI=1S/C24H34N2O3/c1-4-19(2)23-7-5-6-8-24(23)29-18-21(27)17-25-13-15-26(16-14-25)20-9-11-22(28-3)12-10-20/h5-12,19,21,27H,4,13-18H2,1-3H3/p+1/t19-,21-/m1/s1. The van der Waals surface area contributed by atoms with Crippen LogP contribution in [0.5, 0.6) is 11.5 Å². The first-order chi connectivity index (χ1) is 14.1. The number of methoxy groups -OCH3 is 1. The molecule has 158 valence electrons. The van der Waals surface area contributed by atoms with Crippen molar-refractivity contribution < 1.29 is 19.5 Å². The normalized spacial score (nSPS) is 17.0.